The highest BCUT2D eigenvalue weighted by molar-refractivity contribution is 5.85. The van der Waals surface area contributed by atoms with Gasteiger partial charge in [0.25, 0.3) is 0 Å². The summed E-state index contributed by atoms with van der Waals surface area (Å²) in [6.07, 6.45) is -0.461. The summed E-state index contributed by atoms with van der Waals surface area (Å²) in [7, 11) is 0. The molecule has 0 saturated heterocycles. The van der Waals surface area contributed by atoms with E-state index in [-0.39, 0.29) is 19.0 Å². The quantitative estimate of drug-likeness (QED) is 0.556. The van der Waals surface area contributed by atoms with Crippen molar-refractivity contribution in [2.24, 2.45) is 5.90 Å². The number of hydrogen-bond donors (Lipinski definition) is 2. The molecule has 0 bridgehead atoms. The van der Waals surface area contributed by atoms with Crippen LogP contribution in [-0.4, -0.2) is 32.5 Å². The molecule has 1 aromatic carbocycles. The fourth-order valence-corrected chi connectivity index (χ4v) is 1.21. The van der Waals surface area contributed by atoms with Crippen LogP contribution in [-0.2, 0) is 20.9 Å². The Labute approximate surface area is 118 Å². The number of carbonyl (C=O) groups excluding carboxylic acids is 1. The first-order valence-electron chi connectivity index (χ1n) is 5.67. The van der Waals surface area contributed by atoms with E-state index < -0.39 is 6.09 Å². The molecule has 0 unspecified atom stereocenters. The van der Waals surface area contributed by atoms with Crippen LogP contribution in [0.3, 0.4) is 0 Å². The molecule has 0 spiro atoms. The summed E-state index contributed by atoms with van der Waals surface area (Å²) >= 11 is 0. The summed E-state index contributed by atoms with van der Waals surface area (Å²) in [5.74, 6) is 4.82. The molecular formula is C12H19ClN2O4. The minimum atomic E-state index is -0.461. The van der Waals surface area contributed by atoms with Crippen LogP contribution >= 0.6 is 12.4 Å². The zero-order valence-electron chi connectivity index (χ0n) is 10.5. The van der Waals surface area contributed by atoms with Gasteiger partial charge in [-0.2, -0.15) is 0 Å². The van der Waals surface area contributed by atoms with Gasteiger partial charge in [-0.15, -0.1) is 12.4 Å². The predicted molar refractivity (Wildman–Crippen MR) is 72.8 cm³/mol. The molecule has 0 saturated carbocycles. The van der Waals surface area contributed by atoms with Crippen molar-refractivity contribution in [3.05, 3.63) is 35.9 Å². The highest BCUT2D eigenvalue weighted by Gasteiger charge is 2.01. The van der Waals surface area contributed by atoms with E-state index in [0.29, 0.717) is 26.4 Å². The van der Waals surface area contributed by atoms with Crippen LogP contribution in [0, 0.1) is 0 Å². The topological polar surface area (TPSA) is 82.8 Å². The summed E-state index contributed by atoms with van der Waals surface area (Å²) < 4.78 is 10.1. The summed E-state index contributed by atoms with van der Waals surface area (Å²) in [5, 5.41) is 2.57. The fourth-order valence-electron chi connectivity index (χ4n) is 1.21. The number of benzene rings is 1. The van der Waals surface area contributed by atoms with E-state index in [4.69, 9.17) is 15.4 Å². The molecule has 0 aromatic heterocycles. The number of halogens is 1. The van der Waals surface area contributed by atoms with Crippen molar-refractivity contribution < 1.29 is 19.1 Å². The van der Waals surface area contributed by atoms with Crippen molar-refractivity contribution in [1.82, 2.24) is 5.32 Å². The van der Waals surface area contributed by atoms with E-state index in [1.807, 2.05) is 30.3 Å². The maximum absolute atomic E-state index is 11.3. The first kappa shape index (κ1) is 17.7. The van der Waals surface area contributed by atoms with Gasteiger partial charge < -0.3 is 19.6 Å². The van der Waals surface area contributed by atoms with Gasteiger partial charge in [-0.1, -0.05) is 30.3 Å². The van der Waals surface area contributed by atoms with Gasteiger partial charge in [0, 0.05) is 6.54 Å². The van der Waals surface area contributed by atoms with Gasteiger partial charge >= 0.3 is 6.09 Å². The molecule has 0 atom stereocenters. The van der Waals surface area contributed by atoms with E-state index in [1.165, 1.54) is 0 Å². The molecular weight excluding hydrogens is 272 g/mol. The minimum Gasteiger partial charge on any atom is -0.445 e. The van der Waals surface area contributed by atoms with Gasteiger partial charge in [-0.25, -0.2) is 10.7 Å². The minimum absolute atomic E-state index is 0. The molecule has 0 fully saturated rings. The molecule has 19 heavy (non-hydrogen) atoms. The van der Waals surface area contributed by atoms with Crippen LogP contribution in [0.2, 0.25) is 0 Å². The van der Waals surface area contributed by atoms with E-state index in [0.717, 1.165) is 5.56 Å². The molecule has 1 amide bonds. The van der Waals surface area contributed by atoms with Gasteiger partial charge in [0.05, 0.1) is 19.8 Å². The van der Waals surface area contributed by atoms with Gasteiger partial charge in [-0.05, 0) is 5.56 Å². The number of ether oxygens (including phenoxy) is 2. The Morgan fingerprint density at radius 3 is 2.58 bits per heavy atom. The second-order valence-corrected chi connectivity index (χ2v) is 3.47. The van der Waals surface area contributed by atoms with E-state index in [1.54, 1.807) is 0 Å². The molecule has 3 N–H and O–H groups in total. The molecule has 0 heterocycles. The Balaban J connectivity index is 0.00000324. The van der Waals surface area contributed by atoms with Gasteiger partial charge in [0.2, 0.25) is 0 Å². The van der Waals surface area contributed by atoms with Crippen molar-refractivity contribution >= 4 is 18.5 Å². The number of hydrogen-bond acceptors (Lipinski definition) is 5. The Morgan fingerprint density at radius 2 is 1.89 bits per heavy atom. The fraction of sp³-hybridized carbons (Fsp3) is 0.417. The highest BCUT2D eigenvalue weighted by atomic mass is 35.5. The van der Waals surface area contributed by atoms with Crippen molar-refractivity contribution in [2.45, 2.75) is 6.61 Å². The smallest absolute Gasteiger partial charge is 0.407 e. The summed E-state index contributed by atoms with van der Waals surface area (Å²) in [5.41, 5.74) is 0.948. The zero-order chi connectivity index (χ0) is 13.1. The number of nitrogens with one attached hydrogen (secondary N) is 1. The number of rotatable bonds is 8. The largest absolute Gasteiger partial charge is 0.445 e. The average molecular weight is 291 g/mol. The Kier molecular flexibility index (Phi) is 10.9. The summed E-state index contributed by atoms with van der Waals surface area (Å²) in [6.45, 7) is 1.77. The average Bonchev–Trinajstić information content (AvgIpc) is 2.41. The van der Waals surface area contributed by atoms with Crippen LogP contribution in [0.4, 0.5) is 4.79 Å². The lowest BCUT2D eigenvalue weighted by Gasteiger charge is -2.07. The van der Waals surface area contributed by atoms with Crippen LogP contribution in [0.5, 0.6) is 0 Å². The monoisotopic (exact) mass is 290 g/mol. The maximum atomic E-state index is 11.3. The third-order valence-corrected chi connectivity index (χ3v) is 2.07. The first-order valence-corrected chi connectivity index (χ1v) is 5.67. The summed E-state index contributed by atoms with van der Waals surface area (Å²) in [4.78, 5) is 15.6. The Hall–Kier alpha value is -1.34. The van der Waals surface area contributed by atoms with Gasteiger partial charge in [-0.3, -0.25) is 0 Å². The van der Waals surface area contributed by atoms with Crippen LogP contribution in [0.1, 0.15) is 5.56 Å². The lowest BCUT2D eigenvalue weighted by atomic mass is 10.2. The van der Waals surface area contributed by atoms with Crippen LogP contribution in [0.25, 0.3) is 0 Å². The number of alkyl carbamates (subject to hydrolysis) is 1. The first-order chi connectivity index (χ1) is 8.83. The number of nitrogens with two attached hydrogens (primary N) is 1. The zero-order valence-corrected chi connectivity index (χ0v) is 11.4. The second kappa shape index (κ2) is 11.7. The molecule has 6 nitrogen and oxygen atoms in total. The molecule has 1 aromatic rings. The number of carbonyl (C=O) groups is 1. The standard InChI is InChI=1S/C12H18N2O4.ClH/c13-18-9-8-16-7-6-14-12(15)17-10-11-4-2-1-3-5-11;/h1-5H,6-10,13H2,(H,14,15);1H. The van der Waals surface area contributed by atoms with Crippen LogP contribution in [0.15, 0.2) is 30.3 Å². The van der Waals surface area contributed by atoms with Gasteiger partial charge in [0.1, 0.15) is 6.61 Å². The summed E-state index contributed by atoms with van der Waals surface area (Å²) in [6, 6.07) is 9.48. The molecule has 7 heteroatoms. The second-order valence-electron chi connectivity index (χ2n) is 3.47. The van der Waals surface area contributed by atoms with Gasteiger partial charge in [0.15, 0.2) is 0 Å². The van der Waals surface area contributed by atoms with E-state index in [2.05, 4.69) is 10.2 Å². The molecule has 108 valence electrons. The Bertz CT molecular complexity index is 338. The molecule has 0 radical (unpaired) electrons. The normalized spacial score (nSPS) is 9.53. The van der Waals surface area contributed by atoms with Crippen molar-refractivity contribution in [3.63, 3.8) is 0 Å². The van der Waals surface area contributed by atoms with Crippen molar-refractivity contribution in [2.75, 3.05) is 26.4 Å². The van der Waals surface area contributed by atoms with Crippen molar-refractivity contribution in [1.29, 1.82) is 0 Å². The third-order valence-electron chi connectivity index (χ3n) is 2.07. The molecule has 1 rings (SSSR count). The van der Waals surface area contributed by atoms with Crippen molar-refractivity contribution in [3.8, 4) is 0 Å². The SMILES string of the molecule is Cl.NOCCOCCNC(=O)OCc1ccccc1. The third kappa shape index (κ3) is 9.26. The van der Waals surface area contributed by atoms with E-state index in [9.17, 15) is 4.79 Å². The van der Waals surface area contributed by atoms with E-state index >= 15 is 0 Å². The maximum Gasteiger partial charge on any atom is 0.407 e. The molecule has 0 aliphatic carbocycles. The molecule has 0 aliphatic rings. The lowest BCUT2D eigenvalue weighted by molar-refractivity contribution is 0.0482. The predicted octanol–water partition coefficient (Wildman–Crippen LogP) is 1.24. The number of amides is 1. The van der Waals surface area contributed by atoms with Crippen LogP contribution < -0.4 is 11.2 Å². The molecule has 0 aliphatic heterocycles. The highest BCUT2D eigenvalue weighted by Crippen LogP contribution is 2.00. The Morgan fingerprint density at radius 1 is 1.16 bits per heavy atom. The lowest BCUT2D eigenvalue weighted by Crippen LogP contribution is -2.28.